The van der Waals surface area contributed by atoms with E-state index in [0.29, 0.717) is 0 Å². The predicted octanol–water partition coefficient (Wildman–Crippen LogP) is 1.51. The molecule has 0 bridgehead atoms. The first kappa shape index (κ1) is 14.3. The van der Waals surface area contributed by atoms with E-state index in [2.05, 4.69) is 36.3 Å². The first-order chi connectivity index (χ1) is 9.11. The molecule has 0 aromatic heterocycles. The maximum absolute atomic E-state index is 5.89. The zero-order valence-electron chi connectivity index (χ0n) is 12.1. The van der Waals surface area contributed by atoms with Crippen LogP contribution in [0.15, 0.2) is 24.3 Å². The summed E-state index contributed by atoms with van der Waals surface area (Å²) in [4.78, 5) is 2.28. The molecule has 1 N–H and O–H groups in total. The van der Waals surface area contributed by atoms with Crippen LogP contribution in [-0.4, -0.2) is 50.9 Å². The highest BCUT2D eigenvalue weighted by atomic mass is 16.5. The van der Waals surface area contributed by atoms with E-state index in [1.165, 1.54) is 5.56 Å². The molecule has 0 radical (unpaired) electrons. The Kier molecular flexibility index (Phi) is 4.80. The number of nitrogens with one attached hydrogen (secondary N) is 1. The second kappa shape index (κ2) is 6.37. The second-order valence-electron chi connectivity index (χ2n) is 5.49. The third-order valence-electron chi connectivity index (χ3n) is 3.53. The third-order valence-corrected chi connectivity index (χ3v) is 3.53. The van der Waals surface area contributed by atoms with Gasteiger partial charge < -0.3 is 14.8 Å². The van der Waals surface area contributed by atoms with E-state index in [1.807, 2.05) is 12.1 Å². The average molecular weight is 264 g/mol. The summed E-state index contributed by atoms with van der Waals surface area (Å²) in [6, 6.07) is 8.21. The lowest BCUT2D eigenvalue weighted by Crippen LogP contribution is -2.59. The summed E-state index contributed by atoms with van der Waals surface area (Å²) in [5, 5.41) is 3.24. The number of nitrogens with zero attached hydrogens (tertiary/aromatic N) is 1. The van der Waals surface area contributed by atoms with Gasteiger partial charge in [0, 0.05) is 26.2 Å². The van der Waals surface area contributed by atoms with E-state index in [9.17, 15) is 0 Å². The largest absolute Gasteiger partial charge is 0.497 e. The minimum Gasteiger partial charge on any atom is -0.497 e. The Morgan fingerprint density at radius 3 is 2.47 bits per heavy atom. The zero-order valence-corrected chi connectivity index (χ0v) is 12.1. The Labute approximate surface area is 115 Å². The van der Waals surface area contributed by atoms with Crippen molar-refractivity contribution in [3.63, 3.8) is 0 Å². The standard InChI is InChI=1S/C15H24N2O2/c1-15(11-16-12-15)19-9-8-17(2)10-13-4-6-14(18-3)7-5-13/h4-7,16H,8-12H2,1-3H3. The van der Waals surface area contributed by atoms with Gasteiger partial charge in [-0.3, -0.25) is 4.90 Å². The lowest BCUT2D eigenvalue weighted by atomic mass is 10.0. The molecule has 0 unspecified atom stereocenters. The summed E-state index contributed by atoms with van der Waals surface area (Å²) in [5.41, 5.74) is 1.35. The van der Waals surface area contributed by atoms with E-state index < -0.39 is 0 Å². The van der Waals surface area contributed by atoms with Gasteiger partial charge in [0.1, 0.15) is 5.75 Å². The SMILES string of the molecule is COc1ccc(CN(C)CCOC2(C)CNC2)cc1. The molecule has 0 atom stereocenters. The fourth-order valence-corrected chi connectivity index (χ4v) is 2.15. The minimum absolute atomic E-state index is 0.0565. The Balaban J connectivity index is 1.69. The first-order valence-corrected chi connectivity index (χ1v) is 6.77. The summed E-state index contributed by atoms with van der Waals surface area (Å²) < 4.78 is 11.0. The summed E-state index contributed by atoms with van der Waals surface area (Å²) in [5.74, 6) is 0.903. The van der Waals surface area contributed by atoms with Crippen LogP contribution in [0.25, 0.3) is 0 Å². The molecule has 2 rings (SSSR count). The van der Waals surface area contributed by atoms with Crippen LogP contribution in [0.5, 0.6) is 5.75 Å². The van der Waals surface area contributed by atoms with Gasteiger partial charge in [-0.2, -0.15) is 0 Å². The highest BCUT2D eigenvalue weighted by Crippen LogP contribution is 2.15. The summed E-state index contributed by atoms with van der Waals surface area (Å²) >= 11 is 0. The topological polar surface area (TPSA) is 33.7 Å². The highest BCUT2D eigenvalue weighted by molar-refractivity contribution is 5.26. The van der Waals surface area contributed by atoms with Gasteiger partial charge in [0.05, 0.1) is 19.3 Å². The number of ether oxygens (including phenoxy) is 2. The molecule has 0 aliphatic carbocycles. The average Bonchev–Trinajstić information content (AvgIpc) is 2.37. The van der Waals surface area contributed by atoms with Crippen molar-refractivity contribution in [3.8, 4) is 5.75 Å². The summed E-state index contributed by atoms with van der Waals surface area (Å²) in [7, 11) is 3.81. The number of methoxy groups -OCH3 is 1. The smallest absolute Gasteiger partial charge is 0.118 e. The van der Waals surface area contributed by atoms with Crippen LogP contribution in [0, 0.1) is 0 Å². The van der Waals surface area contributed by atoms with Gasteiger partial charge in [-0.05, 0) is 31.7 Å². The van der Waals surface area contributed by atoms with Gasteiger partial charge in [0.15, 0.2) is 0 Å². The maximum Gasteiger partial charge on any atom is 0.118 e. The molecule has 4 heteroatoms. The van der Waals surface area contributed by atoms with Crippen LogP contribution < -0.4 is 10.1 Å². The first-order valence-electron chi connectivity index (χ1n) is 6.77. The molecule has 1 fully saturated rings. The third kappa shape index (κ3) is 4.20. The lowest BCUT2D eigenvalue weighted by molar-refractivity contribution is -0.0712. The maximum atomic E-state index is 5.89. The number of benzene rings is 1. The van der Waals surface area contributed by atoms with Crippen molar-refractivity contribution in [1.82, 2.24) is 10.2 Å². The molecule has 1 aromatic carbocycles. The number of hydrogen-bond donors (Lipinski definition) is 1. The summed E-state index contributed by atoms with van der Waals surface area (Å²) in [6.07, 6.45) is 0. The van der Waals surface area contributed by atoms with Crippen molar-refractivity contribution in [2.75, 3.05) is 40.4 Å². The van der Waals surface area contributed by atoms with Gasteiger partial charge in [-0.15, -0.1) is 0 Å². The molecule has 19 heavy (non-hydrogen) atoms. The van der Waals surface area contributed by atoms with Crippen molar-refractivity contribution in [2.45, 2.75) is 19.1 Å². The van der Waals surface area contributed by atoms with Gasteiger partial charge in [-0.1, -0.05) is 12.1 Å². The van der Waals surface area contributed by atoms with Crippen LogP contribution in [0.3, 0.4) is 0 Å². The van der Waals surface area contributed by atoms with E-state index >= 15 is 0 Å². The minimum atomic E-state index is 0.0565. The van der Waals surface area contributed by atoms with Crippen LogP contribution in [0.2, 0.25) is 0 Å². The fourth-order valence-electron chi connectivity index (χ4n) is 2.15. The molecule has 106 valence electrons. The molecular formula is C15H24N2O2. The van der Waals surface area contributed by atoms with Crippen LogP contribution in [-0.2, 0) is 11.3 Å². The molecule has 0 spiro atoms. The van der Waals surface area contributed by atoms with Crippen LogP contribution in [0.4, 0.5) is 0 Å². The van der Waals surface area contributed by atoms with Crippen molar-refractivity contribution in [2.24, 2.45) is 0 Å². The van der Waals surface area contributed by atoms with Crippen LogP contribution >= 0.6 is 0 Å². The molecule has 0 saturated carbocycles. The molecule has 1 heterocycles. The van der Waals surface area contributed by atoms with Crippen molar-refractivity contribution < 1.29 is 9.47 Å². The molecular weight excluding hydrogens is 240 g/mol. The Morgan fingerprint density at radius 2 is 1.95 bits per heavy atom. The van der Waals surface area contributed by atoms with Crippen molar-refractivity contribution in [3.05, 3.63) is 29.8 Å². The molecule has 0 amide bonds. The normalized spacial score (nSPS) is 17.3. The quantitative estimate of drug-likeness (QED) is 0.809. The zero-order chi connectivity index (χ0) is 13.7. The Bertz CT molecular complexity index is 388. The fraction of sp³-hybridized carbons (Fsp3) is 0.600. The number of hydrogen-bond acceptors (Lipinski definition) is 4. The van der Waals surface area contributed by atoms with E-state index in [1.54, 1.807) is 7.11 Å². The molecule has 1 saturated heterocycles. The number of rotatable bonds is 7. The lowest BCUT2D eigenvalue weighted by Gasteiger charge is -2.39. The summed E-state index contributed by atoms with van der Waals surface area (Å²) in [6.45, 7) is 6.76. The van der Waals surface area contributed by atoms with Crippen LogP contribution in [0.1, 0.15) is 12.5 Å². The highest BCUT2D eigenvalue weighted by Gasteiger charge is 2.32. The van der Waals surface area contributed by atoms with Gasteiger partial charge in [0.2, 0.25) is 0 Å². The Morgan fingerprint density at radius 1 is 1.26 bits per heavy atom. The monoisotopic (exact) mass is 264 g/mol. The molecule has 1 aliphatic heterocycles. The van der Waals surface area contributed by atoms with E-state index in [-0.39, 0.29) is 5.60 Å². The predicted molar refractivity (Wildman–Crippen MR) is 76.6 cm³/mol. The second-order valence-corrected chi connectivity index (χ2v) is 5.49. The molecule has 1 aromatic rings. The van der Waals surface area contributed by atoms with Gasteiger partial charge in [-0.25, -0.2) is 0 Å². The number of likely N-dealkylation sites (N-methyl/N-ethyl adjacent to an activating group) is 1. The van der Waals surface area contributed by atoms with Crippen molar-refractivity contribution >= 4 is 0 Å². The molecule has 4 nitrogen and oxygen atoms in total. The van der Waals surface area contributed by atoms with E-state index in [0.717, 1.165) is 38.5 Å². The van der Waals surface area contributed by atoms with Gasteiger partial charge in [0.25, 0.3) is 0 Å². The van der Waals surface area contributed by atoms with Crippen molar-refractivity contribution in [1.29, 1.82) is 0 Å². The Hall–Kier alpha value is -1.10. The molecule has 1 aliphatic rings. The van der Waals surface area contributed by atoms with Gasteiger partial charge >= 0.3 is 0 Å². The van der Waals surface area contributed by atoms with E-state index in [4.69, 9.17) is 9.47 Å².